The van der Waals surface area contributed by atoms with E-state index < -0.39 is 13.1 Å². The first kappa shape index (κ1) is 25.9. The number of carbonyl (C=O) groups is 2. The molecule has 0 fully saturated rings. The summed E-state index contributed by atoms with van der Waals surface area (Å²) in [6, 6.07) is 26.6. The molecule has 4 aromatic rings. The van der Waals surface area contributed by atoms with E-state index in [0.717, 1.165) is 41.5 Å². The first-order valence-electron chi connectivity index (χ1n) is 13.4. The second kappa shape index (κ2) is 14.3. The van der Waals surface area contributed by atoms with Crippen molar-refractivity contribution in [2.45, 2.75) is 38.7 Å². The van der Waals surface area contributed by atoms with Gasteiger partial charge in [0.05, 0.1) is 7.98 Å². The number of para-hydroxylation sites is 1. The Bertz CT molecular complexity index is 1330. The fourth-order valence-corrected chi connectivity index (χ4v) is 4.78. The molecule has 1 amide bonds. The lowest BCUT2D eigenvalue weighted by Gasteiger charge is -2.24. The van der Waals surface area contributed by atoms with Crippen LogP contribution >= 0.6 is 11.3 Å². The van der Waals surface area contributed by atoms with Crippen LogP contribution in [-0.2, 0) is 17.9 Å². The van der Waals surface area contributed by atoms with Gasteiger partial charge in [0.15, 0.2) is 5.78 Å². The largest absolute Gasteiger partial charge is 0.493 e. The maximum absolute atomic E-state index is 13.8. The molecular formula is C32H33NO4S. The van der Waals surface area contributed by atoms with Gasteiger partial charge in [0.1, 0.15) is 12.4 Å². The molecule has 3 aromatic carbocycles. The summed E-state index contributed by atoms with van der Waals surface area (Å²) in [5.74, 6) is 0.310. The van der Waals surface area contributed by atoms with E-state index >= 15 is 0 Å². The van der Waals surface area contributed by atoms with E-state index in [1.54, 1.807) is 16.2 Å². The van der Waals surface area contributed by atoms with Gasteiger partial charge in [-0.3, -0.25) is 9.59 Å². The third-order valence-electron chi connectivity index (χ3n) is 6.20. The Kier molecular flexibility index (Phi) is 9.72. The first-order valence-corrected chi connectivity index (χ1v) is 13.7. The molecule has 6 heteroatoms. The summed E-state index contributed by atoms with van der Waals surface area (Å²) in [4.78, 5) is 26.6. The van der Waals surface area contributed by atoms with E-state index in [1.807, 2.05) is 84.2 Å². The average molecular weight is 529 g/mol. The number of benzene rings is 3. The Balaban J connectivity index is 1.50. The first-order chi connectivity index (χ1) is 19.1. The lowest BCUT2D eigenvalue weighted by molar-refractivity contribution is -0.121. The molecule has 0 bridgehead atoms. The van der Waals surface area contributed by atoms with E-state index in [1.165, 1.54) is 0 Å². The number of aliphatic hydroxyl groups is 1. The molecule has 0 aliphatic carbocycles. The van der Waals surface area contributed by atoms with Crippen molar-refractivity contribution in [3.63, 3.8) is 0 Å². The van der Waals surface area contributed by atoms with Gasteiger partial charge in [0.2, 0.25) is 0 Å². The predicted octanol–water partition coefficient (Wildman–Crippen LogP) is 6.76. The zero-order valence-corrected chi connectivity index (χ0v) is 22.1. The van der Waals surface area contributed by atoms with E-state index in [9.17, 15) is 9.59 Å². The van der Waals surface area contributed by atoms with Gasteiger partial charge >= 0.3 is 0 Å². The molecular weight excluding hydrogens is 494 g/mol. The number of carbonyl (C=O) groups excluding carboxylic acids is 2. The van der Waals surface area contributed by atoms with Gasteiger partial charge in [-0.2, -0.15) is 11.3 Å². The summed E-state index contributed by atoms with van der Waals surface area (Å²) in [6.07, 6.45) is 2.69. The molecule has 1 heterocycles. The van der Waals surface area contributed by atoms with Gasteiger partial charge in [0.25, 0.3) is 5.91 Å². The summed E-state index contributed by atoms with van der Waals surface area (Å²) in [5, 5.41) is 12.9. The highest BCUT2D eigenvalue weighted by Crippen LogP contribution is 2.25. The van der Waals surface area contributed by atoms with Crippen molar-refractivity contribution in [1.82, 2.24) is 4.90 Å². The molecule has 1 aromatic heterocycles. The molecule has 0 aliphatic rings. The smallest absolute Gasteiger partial charge is 0.254 e. The minimum atomic E-state index is -0.896. The maximum Gasteiger partial charge on any atom is 0.254 e. The monoisotopic (exact) mass is 528 g/mol. The van der Waals surface area contributed by atoms with Crippen molar-refractivity contribution in [2.24, 2.45) is 0 Å². The van der Waals surface area contributed by atoms with Crippen molar-refractivity contribution in [2.75, 3.05) is 13.2 Å². The van der Waals surface area contributed by atoms with E-state index in [4.69, 9.17) is 11.2 Å². The van der Waals surface area contributed by atoms with Crippen molar-refractivity contribution in [3.8, 4) is 16.9 Å². The molecule has 1 atom stereocenters. The number of nitrogens with zero attached hydrogens (tertiary/aromatic N) is 1. The van der Waals surface area contributed by atoms with Crippen LogP contribution in [0.4, 0.5) is 0 Å². The Morgan fingerprint density at radius 3 is 2.37 bits per heavy atom. The summed E-state index contributed by atoms with van der Waals surface area (Å²) >= 11 is 1.63. The summed E-state index contributed by atoms with van der Waals surface area (Å²) in [6.45, 7) is -0.606. The van der Waals surface area contributed by atoms with Crippen LogP contribution in [0.3, 0.4) is 0 Å². The van der Waals surface area contributed by atoms with Gasteiger partial charge in [-0.05, 0) is 71.0 Å². The lowest BCUT2D eigenvalue weighted by Crippen LogP contribution is -2.30. The molecule has 196 valence electrons. The zero-order chi connectivity index (χ0) is 27.5. The number of thiophene rings is 1. The highest BCUT2D eigenvalue weighted by atomic mass is 32.1. The lowest BCUT2D eigenvalue weighted by atomic mass is 10.1. The van der Waals surface area contributed by atoms with Gasteiger partial charge in [-0.15, -0.1) is 0 Å². The molecule has 0 spiro atoms. The third-order valence-corrected chi connectivity index (χ3v) is 6.88. The van der Waals surface area contributed by atoms with Crippen LogP contribution in [0.25, 0.3) is 11.1 Å². The second-order valence-electron chi connectivity index (χ2n) is 9.03. The van der Waals surface area contributed by atoms with Crippen LogP contribution < -0.4 is 4.74 Å². The molecule has 1 unspecified atom stereocenters. The number of unbranched alkanes of at least 4 members (excludes halogenated alkanes) is 2. The number of amides is 1. The molecule has 38 heavy (non-hydrogen) atoms. The molecule has 0 aliphatic heterocycles. The van der Waals surface area contributed by atoms with Crippen molar-refractivity contribution in [3.05, 3.63) is 112 Å². The van der Waals surface area contributed by atoms with Crippen LogP contribution in [0.15, 0.2) is 95.7 Å². The maximum atomic E-state index is 13.8. The van der Waals surface area contributed by atoms with Gasteiger partial charge < -0.3 is 14.7 Å². The van der Waals surface area contributed by atoms with Crippen LogP contribution in [0.2, 0.25) is 0 Å². The summed E-state index contributed by atoms with van der Waals surface area (Å²) in [7, 11) is 0. The Hall–Kier alpha value is -3.74. The predicted molar refractivity (Wildman–Crippen MR) is 152 cm³/mol. The number of ether oxygens (including phenoxy) is 1. The quantitative estimate of drug-likeness (QED) is 0.184. The minimum absolute atomic E-state index is 0.143. The highest BCUT2D eigenvalue weighted by molar-refractivity contribution is 7.08. The fraction of sp³-hybridized carbons (Fsp3) is 0.250. The number of hydrogen-bond donors (Lipinski definition) is 1. The van der Waals surface area contributed by atoms with Crippen molar-refractivity contribution in [1.29, 1.82) is 0 Å². The molecule has 0 radical (unpaired) electrons. The van der Waals surface area contributed by atoms with Crippen molar-refractivity contribution >= 4 is 23.0 Å². The number of hydrogen-bond acceptors (Lipinski definition) is 5. The molecule has 5 nitrogen and oxygen atoms in total. The van der Waals surface area contributed by atoms with Gasteiger partial charge in [-0.1, -0.05) is 60.7 Å². The Morgan fingerprint density at radius 1 is 0.868 bits per heavy atom. The molecule has 4 rings (SSSR count). The van der Waals surface area contributed by atoms with Crippen LogP contribution in [0, 0.1) is 0 Å². The molecule has 0 saturated heterocycles. The topological polar surface area (TPSA) is 66.8 Å². The van der Waals surface area contributed by atoms with E-state index in [2.05, 4.69) is 11.4 Å². The number of Topliss-reactive ketones (excluding diaryl/α,β-unsaturated/α-hetero) is 1. The number of rotatable bonds is 14. The number of aliphatic hydroxyl groups excluding tert-OH is 1. The second-order valence-corrected chi connectivity index (χ2v) is 9.81. The number of ketones is 1. The molecule has 1 N–H and O–H groups in total. The Labute approximate surface area is 229 Å². The third kappa shape index (κ3) is 7.88. The van der Waals surface area contributed by atoms with E-state index in [-0.39, 0.29) is 18.2 Å². The van der Waals surface area contributed by atoms with Crippen LogP contribution in [0.1, 0.15) is 48.5 Å². The van der Waals surface area contributed by atoms with Crippen LogP contribution in [-0.4, -0.2) is 34.9 Å². The Morgan fingerprint density at radius 2 is 1.63 bits per heavy atom. The standard InChI is InChI=1S/C32H33NO4S/c34-23-30(35)12-5-2-8-19-37-31-13-7-6-11-28(31)22-33(21-25-9-3-1-4-10-25)32(36)27-16-14-26(15-17-27)29-18-20-38-24-29/h1,3-4,6-7,9-11,13-18,20,24,34H,2,5,8,12,19,21-23H2/i21D. The molecule has 0 saturated carbocycles. The SMILES string of the molecule is [2H]C(c1ccccc1)N(Cc1ccccc1OCCCCCC(=O)CO)C(=O)c1ccc(-c2ccsc2)cc1. The fourth-order valence-electron chi connectivity index (χ4n) is 4.12. The van der Waals surface area contributed by atoms with Crippen molar-refractivity contribution < 1.29 is 20.8 Å². The van der Waals surface area contributed by atoms with E-state index in [0.29, 0.717) is 24.3 Å². The highest BCUT2D eigenvalue weighted by Gasteiger charge is 2.19. The average Bonchev–Trinajstić information content (AvgIpc) is 3.53. The van der Waals surface area contributed by atoms with Crippen LogP contribution in [0.5, 0.6) is 5.75 Å². The zero-order valence-electron chi connectivity index (χ0n) is 22.3. The van der Waals surface area contributed by atoms with Gasteiger partial charge in [0, 0.05) is 30.6 Å². The summed E-state index contributed by atoms with van der Waals surface area (Å²) < 4.78 is 15.1. The summed E-state index contributed by atoms with van der Waals surface area (Å²) in [5.41, 5.74) is 4.24. The van der Waals surface area contributed by atoms with Gasteiger partial charge in [-0.25, -0.2) is 0 Å². The normalized spacial score (nSPS) is 12.0. The minimum Gasteiger partial charge on any atom is -0.493 e.